The summed E-state index contributed by atoms with van der Waals surface area (Å²) in [6.07, 6.45) is -11.1. The average molecular weight is 455 g/mol. The van der Waals surface area contributed by atoms with Gasteiger partial charge in [-0.25, -0.2) is 8.42 Å². The van der Waals surface area contributed by atoms with Crippen molar-refractivity contribution in [2.45, 2.75) is 22.8 Å². The quantitative estimate of drug-likeness (QED) is 0.515. The minimum absolute atomic E-state index is 0.0434. The summed E-state index contributed by atoms with van der Waals surface area (Å²) in [6.45, 7) is 0. The van der Waals surface area contributed by atoms with E-state index in [-0.39, 0.29) is 19.2 Å². The van der Waals surface area contributed by atoms with Crippen molar-refractivity contribution in [2.24, 2.45) is 0 Å². The molecule has 6 nitrogen and oxygen atoms in total. The van der Waals surface area contributed by atoms with Crippen LogP contribution in [0.1, 0.15) is 11.1 Å². The van der Waals surface area contributed by atoms with E-state index in [2.05, 4.69) is 4.84 Å². The molecule has 0 aromatic heterocycles. The number of hydrogen-bond acceptors (Lipinski definition) is 5. The molecule has 0 atom stereocenters. The van der Waals surface area contributed by atoms with Crippen molar-refractivity contribution < 1.29 is 61.2 Å². The van der Waals surface area contributed by atoms with E-state index in [1.54, 1.807) is 0 Å². The second-order valence-electron chi connectivity index (χ2n) is 4.51. The molecule has 17 heteroatoms. The SMILES string of the molecule is CON(S(=O)(=O)c1cc(C(F)(F)F)ccc1C(F)(F)F)S(=O)(=O)C(F)(F)F. The molecule has 0 spiro atoms. The monoisotopic (exact) mass is 455 g/mol. The molecule has 0 radical (unpaired) electrons. The third kappa shape index (κ3) is 4.46. The van der Waals surface area contributed by atoms with E-state index in [0.717, 1.165) is 0 Å². The summed E-state index contributed by atoms with van der Waals surface area (Å²) in [5.74, 6) is 0. The van der Waals surface area contributed by atoms with E-state index in [9.17, 15) is 56.3 Å². The summed E-state index contributed by atoms with van der Waals surface area (Å²) < 4.78 is 159. The Morgan fingerprint density at radius 2 is 1.33 bits per heavy atom. The molecule has 0 fully saturated rings. The van der Waals surface area contributed by atoms with Crippen molar-refractivity contribution >= 4 is 20.0 Å². The Balaban J connectivity index is 3.89. The minimum atomic E-state index is -6.93. The van der Waals surface area contributed by atoms with Gasteiger partial charge in [-0.3, -0.25) is 4.84 Å². The van der Waals surface area contributed by atoms with Crippen LogP contribution in [0.3, 0.4) is 0 Å². The Labute approximate surface area is 145 Å². The van der Waals surface area contributed by atoms with Gasteiger partial charge in [0.2, 0.25) is 0 Å². The molecule has 0 bridgehead atoms. The van der Waals surface area contributed by atoms with Crippen LogP contribution in [0.4, 0.5) is 39.5 Å². The number of alkyl halides is 9. The smallest absolute Gasteiger partial charge is 0.273 e. The second kappa shape index (κ2) is 6.78. The van der Waals surface area contributed by atoms with Crippen molar-refractivity contribution in [3.8, 4) is 0 Å². The van der Waals surface area contributed by atoms with Gasteiger partial charge in [0, 0.05) is 3.87 Å². The van der Waals surface area contributed by atoms with Crippen molar-refractivity contribution in [1.82, 2.24) is 3.87 Å². The maximum Gasteiger partial charge on any atom is 0.514 e. The molecule has 0 aliphatic rings. The van der Waals surface area contributed by atoms with E-state index in [4.69, 9.17) is 0 Å². The Hall–Kier alpha value is -1.59. The summed E-state index contributed by atoms with van der Waals surface area (Å²) in [5, 5.41) is 0. The van der Waals surface area contributed by atoms with E-state index < -0.39 is 63.9 Å². The molecule has 0 heterocycles. The molecule has 0 unspecified atom stereocenters. The molecule has 0 amide bonds. The van der Waals surface area contributed by atoms with Crippen LogP contribution in [0.5, 0.6) is 0 Å². The van der Waals surface area contributed by atoms with E-state index in [1.165, 1.54) is 0 Å². The number of halogens is 9. The lowest BCUT2D eigenvalue weighted by Crippen LogP contribution is -2.44. The Kier molecular flexibility index (Phi) is 5.89. The molecule has 0 aliphatic carbocycles. The summed E-state index contributed by atoms with van der Waals surface area (Å²) >= 11 is 0. The highest BCUT2D eigenvalue weighted by molar-refractivity contribution is 8.04. The lowest BCUT2D eigenvalue weighted by atomic mass is 10.1. The Bertz CT molecular complexity index is 916. The largest absolute Gasteiger partial charge is 0.514 e. The topological polar surface area (TPSA) is 80.8 Å². The molecule has 1 aromatic carbocycles. The van der Waals surface area contributed by atoms with Gasteiger partial charge in [0.1, 0.15) is 0 Å². The van der Waals surface area contributed by atoms with Gasteiger partial charge in [0.15, 0.2) is 0 Å². The highest BCUT2D eigenvalue weighted by atomic mass is 32.3. The van der Waals surface area contributed by atoms with Gasteiger partial charge in [-0.05, 0) is 18.2 Å². The van der Waals surface area contributed by atoms with E-state index in [0.29, 0.717) is 0 Å². The fourth-order valence-electron chi connectivity index (χ4n) is 1.64. The van der Waals surface area contributed by atoms with Gasteiger partial charge in [-0.2, -0.15) is 47.9 Å². The van der Waals surface area contributed by atoms with E-state index in [1.807, 2.05) is 0 Å². The predicted octanol–water partition coefficient (Wildman–Crippen LogP) is 3.13. The maximum absolute atomic E-state index is 12.9. The lowest BCUT2D eigenvalue weighted by Gasteiger charge is -2.22. The zero-order valence-electron chi connectivity index (χ0n) is 12.4. The lowest BCUT2D eigenvalue weighted by molar-refractivity contribution is -0.143. The molecular formula is C10H6F9NO5S2. The number of nitrogens with zero attached hydrogens (tertiary/aromatic N) is 1. The summed E-state index contributed by atoms with van der Waals surface area (Å²) in [4.78, 5) is 1.14. The van der Waals surface area contributed by atoms with Crippen LogP contribution in [0, 0.1) is 0 Å². The second-order valence-corrected chi connectivity index (χ2v) is 8.21. The first-order chi connectivity index (χ1) is 11.8. The first kappa shape index (κ1) is 23.4. The Morgan fingerprint density at radius 1 is 0.852 bits per heavy atom. The van der Waals surface area contributed by atoms with E-state index >= 15 is 0 Å². The van der Waals surface area contributed by atoms with Crippen LogP contribution >= 0.6 is 0 Å². The fourth-order valence-corrected chi connectivity index (χ4v) is 4.62. The maximum atomic E-state index is 12.9. The molecular weight excluding hydrogens is 449 g/mol. The van der Waals surface area contributed by atoms with Crippen LogP contribution in [0.15, 0.2) is 23.1 Å². The predicted molar refractivity (Wildman–Crippen MR) is 67.5 cm³/mol. The van der Waals surface area contributed by atoms with Crippen LogP contribution in [-0.2, 0) is 37.2 Å². The summed E-state index contributed by atoms with van der Waals surface area (Å²) in [5.41, 5.74) is -10.7. The van der Waals surface area contributed by atoms with Crippen LogP contribution in [0.25, 0.3) is 0 Å². The highest BCUT2D eigenvalue weighted by Gasteiger charge is 2.56. The van der Waals surface area contributed by atoms with Crippen LogP contribution in [-0.4, -0.2) is 33.3 Å². The van der Waals surface area contributed by atoms with Gasteiger partial charge in [0.05, 0.1) is 23.1 Å². The number of hydrogen-bond donors (Lipinski definition) is 0. The molecule has 0 N–H and O–H groups in total. The normalized spacial score (nSPS) is 14.6. The third-order valence-electron chi connectivity index (χ3n) is 2.73. The fraction of sp³-hybridized carbons (Fsp3) is 0.400. The average Bonchev–Trinajstić information content (AvgIpc) is 2.43. The van der Waals surface area contributed by atoms with Crippen molar-refractivity contribution in [1.29, 1.82) is 0 Å². The van der Waals surface area contributed by atoms with Gasteiger partial charge in [0.25, 0.3) is 10.0 Å². The zero-order chi connectivity index (χ0) is 21.6. The zero-order valence-corrected chi connectivity index (χ0v) is 14.1. The van der Waals surface area contributed by atoms with Crippen LogP contribution in [0.2, 0.25) is 0 Å². The van der Waals surface area contributed by atoms with Crippen molar-refractivity contribution in [3.05, 3.63) is 29.3 Å². The molecule has 1 rings (SSSR count). The first-order valence-corrected chi connectivity index (χ1v) is 8.85. The highest BCUT2D eigenvalue weighted by Crippen LogP contribution is 2.40. The van der Waals surface area contributed by atoms with Gasteiger partial charge >= 0.3 is 27.9 Å². The number of rotatable bonds is 4. The molecule has 156 valence electrons. The van der Waals surface area contributed by atoms with Gasteiger partial charge < -0.3 is 0 Å². The Morgan fingerprint density at radius 3 is 1.67 bits per heavy atom. The number of benzene rings is 1. The van der Waals surface area contributed by atoms with Gasteiger partial charge in [-0.1, -0.05) is 0 Å². The first-order valence-electron chi connectivity index (χ1n) is 5.97. The van der Waals surface area contributed by atoms with Crippen LogP contribution < -0.4 is 0 Å². The third-order valence-corrected chi connectivity index (χ3v) is 6.47. The van der Waals surface area contributed by atoms with Gasteiger partial charge in [-0.15, -0.1) is 0 Å². The molecule has 1 aromatic rings. The summed E-state index contributed by atoms with van der Waals surface area (Å²) in [6, 6.07) is -1.21. The molecule has 27 heavy (non-hydrogen) atoms. The molecule has 0 saturated carbocycles. The van der Waals surface area contributed by atoms with Crippen molar-refractivity contribution in [2.75, 3.05) is 7.11 Å². The minimum Gasteiger partial charge on any atom is -0.273 e. The molecule has 0 aliphatic heterocycles. The standard InChI is InChI=1S/C10H6F9NO5S2/c1-25-20(27(23,24)10(17,18)19)26(21,22)7-4-5(8(11,12)13)2-3-6(7)9(14,15)16/h2-4H,1H3. The number of sulfonamides is 2. The van der Waals surface area contributed by atoms with Crippen molar-refractivity contribution in [3.63, 3.8) is 0 Å². The molecule has 0 saturated heterocycles. The summed E-state index contributed by atoms with van der Waals surface area (Å²) in [7, 11) is -13.3.